The van der Waals surface area contributed by atoms with Crippen LogP contribution in [0.1, 0.15) is 26.3 Å². The zero-order valence-electron chi connectivity index (χ0n) is 11.9. The van der Waals surface area contributed by atoms with E-state index < -0.39 is 0 Å². The van der Waals surface area contributed by atoms with Gasteiger partial charge in [-0.05, 0) is 47.0 Å². The van der Waals surface area contributed by atoms with Gasteiger partial charge in [-0.1, -0.05) is 19.9 Å². The second-order valence-electron chi connectivity index (χ2n) is 5.63. The van der Waals surface area contributed by atoms with E-state index >= 15 is 0 Å². The standard InChI is InChI=1S/C15H23BrN2S/c1-10(17)6-13-4-5-15(14(16)7-13)18-8-11(2)19-12(3)9-18/h4-5,7,10-12H,6,8-9,17H2,1-3H3. The molecule has 2 rings (SSSR count). The molecular formula is C15H23BrN2S. The van der Waals surface area contributed by atoms with Gasteiger partial charge in [-0.15, -0.1) is 0 Å². The summed E-state index contributed by atoms with van der Waals surface area (Å²) in [6.45, 7) is 8.92. The quantitative estimate of drug-likeness (QED) is 0.908. The Labute approximate surface area is 129 Å². The zero-order valence-corrected chi connectivity index (χ0v) is 14.3. The Morgan fingerprint density at radius 1 is 1.37 bits per heavy atom. The SMILES string of the molecule is CC(N)Cc1ccc(N2CC(C)SC(C)C2)c(Br)c1. The minimum atomic E-state index is 0.212. The van der Waals surface area contributed by atoms with Gasteiger partial charge in [0, 0.05) is 34.1 Å². The zero-order chi connectivity index (χ0) is 14.0. The molecule has 0 spiro atoms. The molecule has 3 atom stereocenters. The van der Waals surface area contributed by atoms with Crippen LogP contribution < -0.4 is 10.6 Å². The van der Waals surface area contributed by atoms with Crippen LogP contribution in [0.2, 0.25) is 0 Å². The number of hydrogen-bond acceptors (Lipinski definition) is 3. The highest BCUT2D eigenvalue weighted by atomic mass is 79.9. The number of halogens is 1. The number of hydrogen-bond donors (Lipinski definition) is 1. The van der Waals surface area contributed by atoms with E-state index in [1.165, 1.54) is 15.7 Å². The van der Waals surface area contributed by atoms with Crippen molar-refractivity contribution in [3.8, 4) is 0 Å². The molecule has 0 saturated carbocycles. The monoisotopic (exact) mass is 342 g/mol. The maximum atomic E-state index is 5.86. The fourth-order valence-corrected chi connectivity index (χ4v) is 4.68. The van der Waals surface area contributed by atoms with Gasteiger partial charge in [0.25, 0.3) is 0 Å². The van der Waals surface area contributed by atoms with E-state index in [0.717, 1.165) is 19.5 Å². The molecule has 0 amide bonds. The van der Waals surface area contributed by atoms with Crippen molar-refractivity contribution in [2.45, 2.75) is 43.7 Å². The van der Waals surface area contributed by atoms with Gasteiger partial charge in [0.2, 0.25) is 0 Å². The fraction of sp³-hybridized carbons (Fsp3) is 0.600. The van der Waals surface area contributed by atoms with Gasteiger partial charge in [-0.25, -0.2) is 0 Å². The summed E-state index contributed by atoms with van der Waals surface area (Å²) in [7, 11) is 0. The lowest BCUT2D eigenvalue weighted by Gasteiger charge is -2.36. The lowest BCUT2D eigenvalue weighted by Crippen LogP contribution is -2.40. The summed E-state index contributed by atoms with van der Waals surface area (Å²) in [5.74, 6) is 0. The Bertz CT molecular complexity index is 426. The molecule has 3 unspecified atom stereocenters. The van der Waals surface area contributed by atoms with Crippen LogP contribution in [0.25, 0.3) is 0 Å². The average molecular weight is 343 g/mol. The predicted molar refractivity (Wildman–Crippen MR) is 90.2 cm³/mol. The van der Waals surface area contributed by atoms with Gasteiger partial charge < -0.3 is 10.6 Å². The highest BCUT2D eigenvalue weighted by molar-refractivity contribution is 9.10. The van der Waals surface area contributed by atoms with Crippen molar-refractivity contribution in [2.75, 3.05) is 18.0 Å². The first-order valence-corrected chi connectivity index (χ1v) is 8.63. The molecular weight excluding hydrogens is 320 g/mol. The van der Waals surface area contributed by atoms with Crippen LogP contribution in [0.15, 0.2) is 22.7 Å². The van der Waals surface area contributed by atoms with Crippen molar-refractivity contribution in [3.05, 3.63) is 28.2 Å². The normalized spacial score (nSPS) is 25.4. The van der Waals surface area contributed by atoms with Crippen molar-refractivity contribution in [2.24, 2.45) is 5.73 Å². The number of thioether (sulfide) groups is 1. The third kappa shape index (κ3) is 4.14. The predicted octanol–water partition coefficient (Wildman–Crippen LogP) is 3.67. The van der Waals surface area contributed by atoms with Crippen molar-refractivity contribution < 1.29 is 0 Å². The Kier molecular flexibility index (Phi) is 5.21. The van der Waals surface area contributed by atoms with Crippen LogP contribution in [0.5, 0.6) is 0 Å². The number of anilines is 1. The molecule has 1 heterocycles. The molecule has 2 nitrogen and oxygen atoms in total. The number of nitrogens with zero attached hydrogens (tertiary/aromatic N) is 1. The van der Waals surface area contributed by atoms with Crippen LogP contribution in [0.3, 0.4) is 0 Å². The lowest BCUT2D eigenvalue weighted by atomic mass is 10.1. The second-order valence-corrected chi connectivity index (χ2v) is 8.37. The Hall–Kier alpha value is -0.190. The number of rotatable bonds is 3. The Morgan fingerprint density at radius 2 is 2.00 bits per heavy atom. The van der Waals surface area contributed by atoms with Gasteiger partial charge in [0.1, 0.15) is 0 Å². The van der Waals surface area contributed by atoms with Crippen molar-refractivity contribution in [1.29, 1.82) is 0 Å². The summed E-state index contributed by atoms with van der Waals surface area (Å²) in [5, 5.41) is 1.39. The number of benzene rings is 1. The third-order valence-corrected chi connectivity index (χ3v) is 5.19. The van der Waals surface area contributed by atoms with E-state index in [2.05, 4.69) is 64.6 Å². The van der Waals surface area contributed by atoms with Crippen molar-refractivity contribution in [1.82, 2.24) is 0 Å². The molecule has 106 valence electrons. The van der Waals surface area contributed by atoms with Gasteiger partial charge in [-0.3, -0.25) is 0 Å². The van der Waals surface area contributed by atoms with E-state index in [0.29, 0.717) is 10.5 Å². The highest BCUT2D eigenvalue weighted by Gasteiger charge is 2.23. The van der Waals surface area contributed by atoms with Gasteiger partial charge in [-0.2, -0.15) is 11.8 Å². The van der Waals surface area contributed by atoms with E-state index in [4.69, 9.17) is 5.73 Å². The lowest BCUT2D eigenvalue weighted by molar-refractivity contribution is 0.723. The molecule has 1 aromatic carbocycles. The summed E-state index contributed by atoms with van der Waals surface area (Å²) < 4.78 is 1.19. The highest BCUT2D eigenvalue weighted by Crippen LogP contribution is 2.33. The number of nitrogens with two attached hydrogens (primary N) is 1. The first kappa shape index (κ1) is 15.2. The molecule has 1 aliphatic rings. The van der Waals surface area contributed by atoms with Gasteiger partial charge in [0.15, 0.2) is 0 Å². The Balaban J connectivity index is 2.16. The molecule has 0 aliphatic carbocycles. The molecule has 4 heteroatoms. The molecule has 1 aromatic rings. The topological polar surface area (TPSA) is 29.3 Å². The maximum Gasteiger partial charge on any atom is 0.0511 e. The molecule has 1 aliphatic heterocycles. The van der Waals surface area contributed by atoms with E-state index in [-0.39, 0.29) is 6.04 Å². The van der Waals surface area contributed by atoms with Gasteiger partial charge >= 0.3 is 0 Å². The summed E-state index contributed by atoms with van der Waals surface area (Å²) >= 11 is 5.81. The molecule has 0 bridgehead atoms. The van der Waals surface area contributed by atoms with E-state index in [1.807, 2.05) is 6.92 Å². The van der Waals surface area contributed by atoms with Gasteiger partial charge in [0.05, 0.1) is 5.69 Å². The van der Waals surface area contributed by atoms with Crippen LogP contribution in [-0.4, -0.2) is 29.6 Å². The van der Waals surface area contributed by atoms with Crippen LogP contribution in [-0.2, 0) is 6.42 Å². The van der Waals surface area contributed by atoms with E-state index in [1.54, 1.807) is 0 Å². The molecule has 19 heavy (non-hydrogen) atoms. The molecule has 2 N–H and O–H groups in total. The second kappa shape index (κ2) is 6.51. The fourth-order valence-electron chi connectivity index (χ4n) is 2.68. The Morgan fingerprint density at radius 3 is 2.53 bits per heavy atom. The third-order valence-electron chi connectivity index (χ3n) is 3.33. The first-order chi connectivity index (χ1) is 8.95. The van der Waals surface area contributed by atoms with Crippen molar-refractivity contribution >= 4 is 33.4 Å². The largest absolute Gasteiger partial charge is 0.368 e. The van der Waals surface area contributed by atoms with Crippen molar-refractivity contribution in [3.63, 3.8) is 0 Å². The minimum absolute atomic E-state index is 0.212. The molecule has 0 radical (unpaired) electrons. The summed E-state index contributed by atoms with van der Waals surface area (Å²) in [5.41, 5.74) is 8.48. The molecule has 0 aromatic heterocycles. The minimum Gasteiger partial charge on any atom is -0.368 e. The smallest absolute Gasteiger partial charge is 0.0511 e. The van der Waals surface area contributed by atoms with Crippen LogP contribution in [0.4, 0.5) is 5.69 Å². The molecule has 1 saturated heterocycles. The summed E-state index contributed by atoms with van der Waals surface area (Å²) in [6, 6.07) is 6.87. The van der Waals surface area contributed by atoms with Crippen LogP contribution >= 0.6 is 27.7 Å². The summed E-state index contributed by atoms with van der Waals surface area (Å²) in [6.07, 6.45) is 0.932. The average Bonchev–Trinajstić information content (AvgIpc) is 2.26. The van der Waals surface area contributed by atoms with Crippen LogP contribution in [0, 0.1) is 0 Å². The maximum absolute atomic E-state index is 5.86. The van der Waals surface area contributed by atoms with E-state index in [9.17, 15) is 0 Å². The first-order valence-electron chi connectivity index (χ1n) is 6.90. The summed E-state index contributed by atoms with van der Waals surface area (Å²) in [4.78, 5) is 2.49. The molecule has 1 fully saturated rings.